The van der Waals surface area contributed by atoms with Gasteiger partial charge in [0.25, 0.3) is 0 Å². The van der Waals surface area contributed by atoms with E-state index in [4.69, 9.17) is 0 Å². The lowest BCUT2D eigenvalue weighted by atomic mass is 10.2. The Kier molecular flexibility index (Phi) is 4.56. The Balaban J connectivity index is 1.68. The Bertz CT molecular complexity index is 1180. The summed E-state index contributed by atoms with van der Waals surface area (Å²) in [5, 5.41) is 4.12. The zero-order valence-electron chi connectivity index (χ0n) is 14.4. The summed E-state index contributed by atoms with van der Waals surface area (Å²) in [5.74, 6) is 0. The van der Waals surface area contributed by atoms with Gasteiger partial charge in [0.2, 0.25) is 9.84 Å². The van der Waals surface area contributed by atoms with Gasteiger partial charge in [0.15, 0.2) is 0 Å². The smallest absolute Gasteiger partial charge is 0.208 e. The Labute approximate surface area is 157 Å². The number of para-hydroxylation sites is 1. The first kappa shape index (κ1) is 17.2. The first-order chi connectivity index (χ1) is 13.1. The second-order valence-electron chi connectivity index (χ2n) is 6.07. The molecule has 0 atom stereocenters. The van der Waals surface area contributed by atoms with Crippen molar-refractivity contribution in [2.45, 2.75) is 16.3 Å². The van der Waals surface area contributed by atoms with E-state index in [0.29, 0.717) is 6.54 Å². The molecule has 0 amide bonds. The van der Waals surface area contributed by atoms with Crippen LogP contribution in [0.1, 0.15) is 5.56 Å². The van der Waals surface area contributed by atoms with Gasteiger partial charge in [-0.15, -0.1) is 0 Å². The number of sulfone groups is 1. The third-order valence-corrected chi connectivity index (χ3v) is 6.02. The zero-order valence-corrected chi connectivity index (χ0v) is 15.2. The van der Waals surface area contributed by atoms with Gasteiger partial charge < -0.3 is 5.32 Å². The molecule has 0 spiro atoms. The number of nitrogens with zero attached hydrogens (tertiary/aromatic N) is 2. The maximum Gasteiger partial charge on any atom is 0.208 e. The molecule has 0 aliphatic carbocycles. The van der Waals surface area contributed by atoms with Gasteiger partial charge in [0.1, 0.15) is 0 Å². The van der Waals surface area contributed by atoms with Crippen molar-refractivity contribution in [3.05, 3.63) is 90.9 Å². The van der Waals surface area contributed by atoms with E-state index in [2.05, 4.69) is 15.3 Å². The van der Waals surface area contributed by atoms with E-state index in [-0.39, 0.29) is 9.79 Å². The number of fused-ring (bicyclic) bond motifs is 1. The monoisotopic (exact) mass is 375 g/mol. The van der Waals surface area contributed by atoms with E-state index in [1.165, 1.54) is 6.20 Å². The van der Waals surface area contributed by atoms with E-state index in [9.17, 15) is 8.42 Å². The van der Waals surface area contributed by atoms with Crippen LogP contribution < -0.4 is 5.32 Å². The molecule has 0 saturated heterocycles. The van der Waals surface area contributed by atoms with Crippen molar-refractivity contribution in [3.63, 3.8) is 0 Å². The Morgan fingerprint density at radius 2 is 1.63 bits per heavy atom. The van der Waals surface area contributed by atoms with Gasteiger partial charge in [0, 0.05) is 30.5 Å². The third kappa shape index (κ3) is 3.52. The predicted octanol–water partition coefficient (Wildman–Crippen LogP) is 4.07. The van der Waals surface area contributed by atoms with Crippen LogP contribution in [0.25, 0.3) is 10.9 Å². The molecule has 2 aromatic heterocycles. The Hall–Kier alpha value is -3.25. The van der Waals surface area contributed by atoms with Gasteiger partial charge >= 0.3 is 0 Å². The van der Waals surface area contributed by atoms with Gasteiger partial charge in [-0.2, -0.15) is 0 Å². The number of pyridine rings is 2. The molecular formula is C21H17N3O2S. The molecule has 0 aliphatic rings. The first-order valence-corrected chi connectivity index (χ1v) is 9.94. The summed E-state index contributed by atoms with van der Waals surface area (Å²) >= 11 is 0. The number of anilines is 1. The summed E-state index contributed by atoms with van der Waals surface area (Å²) in [6.45, 7) is 0.632. The Morgan fingerprint density at radius 3 is 2.41 bits per heavy atom. The molecule has 0 saturated carbocycles. The average Bonchev–Trinajstić information content (AvgIpc) is 2.73. The van der Waals surface area contributed by atoms with E-state index >= 15 is 0 Å². The highest BCUT2D eigenvalue weighted by molar-refractivity contribution is 7.91. The zero-order chi connectivity index (χ0) is 18.7. The van der Waals surface area contributed by atoms with Crippen molar-refractivity contribution < 1.29 is 8.42 Å². The molecule has 0 bridgehead atoms. The summed E-state index contributed by atoms with van der Waals surface area (Å²) < 4.78 is 25.6. The molecule has 0 fully saturated rings. The Morgan fingerprint density at radius 1 is 0.852 bits per heavy atom. The number of aromatic nitrogens is 2. The molecule has 1 N–H and O–H groups in total. The molecule has 134 valence electrons. The second kappa shape index (κ2) is 7.17. The van der Waals surface area contributed by atoms with E-state index in [1.54, 1.807) is 48.8 Å². The molecule has 5 nitrogen and oxygen atoms in total. The second-order valence-corrected chi connectivity index (χ2v) is 8.02. The fourth-order valence-electron chi connectivity index (χ4n) is 2.86. The van der Waals surface area contributed by atoms with Crippen molar-refractivity contribution in [1.29, 1.82) is 0 Å². The van der Waals surface area contributed by atoms with Crippen LogP contribution >= 0.6 is 0 Å². The van der Waals surface area contributed by atoms with Gasteiger partial charge in [-0.3, -0.25) is 9.97 Å². The van der Waals surface area contributed by atoms with Crippen molar-refractivity contribution >= 4 is 26.4 Å². The molecule has 4 rings (SSSR count). The molecule has 4 aromatic rings. The normalized spacial score (nSPS) is 11.4. The van der Waals surface area contributed by atoms with Crippen LogP contribution in [0.3, 0.4) is 0 Å². The molecule has 2 aromatic carbocycles. The van der Waals surface area contributed by atoms with Crippen molar-refractivity contribution in [3.8, 4) is 0 Å². The lowest BCUT2D eigenvalue weighted by molar-refractivity contribution is 0.596. The van der Waals surface area contributed by atoms with Crippen LogP contribution in [0, 0.1) is 0 Å². The molecule has 0 unspecified atom stereocenters. The first-order valence-electron chi connectivity index (χ1n) is 8.46. The summed E-state index contributed by atoms with van der Waals surface area (Å²) in [6.07, 6.45) is 4.92. The average molecular weight is 375 g/mol. The van der Waals surface area contributed by atoms with Gasteiger partial charge in [-0.05, 0) is 42.0 Å². The highest BCUT2D eigenvalue weighted by atomic mass is 32.2. The summed E-state index contributed by atoms with van der Waals surface area (Å²) in [6, 6.07) is 19.6. The molecular weight excluding hydrogens is 358 g/mol. The van der Waals surface area contributed by atoms with E-state index in [1.807, 2.05) is 30.3 Å². The van der Waals surface area contributed by atoms with E-state index < -0.39 is 9.84 Å². The van der Waals surface area contributed by atoms with Crippen LogP contribution in [-0.2, 0) is 16.4 Å². The fraction of sp³-hybridized carbons (Fsp3) is 0.0476. The third-order valence-electron chi connectivity index (χ3n) is 4.28. The molecule has 27 heavy (non-hydrogen) atoms. The number of hydrogen-bond acceptors (Lipinski definition) is 5. The number of nitrogens with one attached hydrogen (secondary N) is 1. The van der Waals surface area contributed by atoms with Gasteiger partial charge in [0.05, 0.1) is 21.0 Å². The number of hydrogen-bond donors (Lipinski definition) is 1. The highest BCUT2D eigenvalue weighted by Gasteiger charge is 2.18. The lowest BCUT2D eigenvalue weighted by Gasteiger charge is -2.10. The van der Waals surface area contributed by atoms with Crippen molar-refractivity contribution in [1.82, 2.24) is 9.97 Å². The fourth-order valence-corrected chi connectivity index (χ4v) is 4.13. The lowest BCUT2D eigenvalue weighted by Crippen LogP contribution is -2.04. The van der Waals surface area contributed by atoms with Crippen molar-refractivity contribution in [2.75, 3.05) is 5.32 Å². The largest absolute Gasteiger partial charge is 0.379 e. The maximum absolute atomic E-state index is 12.8. The summed E-state index contributed by atoms with van der Waals surface area (Å²) in [4.78, 5) is 8.89. The number of rotatable bonds is 5. The minimum atomic E-state index is -3.59. The molecule has 0 aliphatic heterocycles. The van der Waals surface area contributed by atoms with E-state index in [0.717, 1.165) is 22.2 Å². The minimum Gasteiger partial charge on any atom is -0.379 e. The van der Waals surface area contributed by atoms with Gasteiger partial charge in [-0.1, -0.05) is 30.3 Å². The molecule has 6 heteroatoms. The summed E-state index contributed by atoms with van der Waals surface area (Å²) in [5.41, 5.74) is 2.69. The highest BCUT2D eigenvalue weighted by Crippen LogP contribution is 2.27. The van der Waals surface area contributed by atoms with Crippen LogP contribution in [0.15, 0.2) is 95.1 Å². The SMILES string of the molecule is O=S(=O)(c1ccccc1)c1cnc2c(NCc3ccncc3)cccc2c1. The predicted molar refractivity (Wildman–Crippen MR) is 105 cm³/mol. The number of benzene rings is 2. The molecule has 2 heterocycles. The maximum atomic E-state index is 12.8. The van der Waals surface area contributed by atoms with Gasteiger partial charge in [-0.25, -0.2) is 8.42 Å². The quantitative estimate of drug-likeness (QED) is 0.569. The van der Waals surface area contributed by atoms with Crippen LogP contribution in [-0.4, -0.2) is 18.4 Å². The minimum absolute atomic E-state index is 0.187. The van der Waals surface area contributed by atoms with Crippen LogP contribution in [0.5, 0.6) is 0 Å². The summed E-state index contributed by atoms with van der Waals surface area (Å²) in [7, 11) is -3.59. The standard InChI is InChI=1S/C21H17N3O2S/c25-27(26,18-6-2-1-3-7-18)19-13-17-5-4-8-20(21(17)24-15-19)23-14-16-9-11-22-12-10-16/h1-13,15,23H,14H2. The van der Waals surface area contributed by atoms with Crippen LogP contribution in [0.4, 0.5) is 5.69 Å². The van der Waals surface area contributed by atoms with Crippen LogP contribution in [0.2, 0.25) is 0 Å². The topological polar surface area (TPSA) is 72.0 Å². The molecule has 0 radical (unpaired) electrons. The van der Waals surface area contributed by atoms with Crippen molar-refractivity contribution in [2.24, 2.45) is 0 Å².